The number of thiophene rings is 1. The van der Waals surface area contributed by atoms with Crippen molar-refractivity contribution in [2.45, 2.75) is 25.4 Å². The second-order valence-electron chi connectivity index (χ2n) is 4.86. The zero-order chi connectivity index (χ0) is 14.8. The fourth-order valence-corrected chi connectivity index (χ4v) is 3.32. The van der Waals surface area contributed by atoms with Gasteiger partial charge in [-0.25, -0.2) is 0 Å². The number of nitrogens with zero attached hydrogens (tertiary/aromatic N) is 4. The van der Waals surface area contributed by atoms with Crippen LogP contribution in [0.1, 0.15) is 45.8 Å². The molecule has 2 N–H and O–H groups in total. The Morgan fingerprint density at radius 1 is 1.67 bits per heavy atom. The van der Waals surface area contributed by atoms with E-state index < -0.39 is 5.91 Å². The van der Waals surface area contributed by atoms with E-state index in [0.29, 0.717) is 11.5 Å². The fraction of sp³-hybridized carbons (Fsp3) is 0.385. The summed E-state index contributed by atoms with van der Waals surface area (Å²) in [6.45, 7) is 1.64. The van der Waals surface area contributed by atoms with Gasteiger partial charge in [-0.2, -0.15) is 10.2 Å². The van der Waals surface area contributed by atoms with Crippen LogP contribution in [0.5, 0.6) is 0 Å². The number of hydrogen-bond acceptors (Lipinski definition) is 7. The predicted molar refractivity (Wildman–Crippen MR) is 74.2 cm³/mol. The van der Waals surface area contributed by atoms with Crippen LogP contribution in [0.3, 0.4) is 0 Å². The number of amides is 1. The molecule has 1 saturated heterocycles. The Labute approximate surface area is 125 Å². The van der Waals surface area contributed by atoms with Crippen LogP contribution in [0, 0.1) is 11.3 Å². The average molecular weight is 303 g/mol. The van der Waals surface area contributed by atoms with Gasteiger partial charge < -0.3 is 10.3 Å². The van der Waals surface area contributed by atoms with Crippen molar-refractivity contribution in [3.63, 3.8) is 0 Å². The lowest BCUT2D eigenvalue weighted by Gasteiger charge is -2.20. The molecule has 3 rings (SSSR count). The van der Waals surface area contributed by atoms with E-state index in [2.05, 4.69) is 21.1 Å². The summed E-state index contributed by atoms with van der Waals surface area (Å²) < 4.78 is 5.15. The number of carbonyl (C=O) groups excluding carboxylic acids is 1. The molecule has 0 aliphatic carbocycles. The Balaban J connectivity index is 1.75. The van der Waals surface area contributed by atoms with E-state index in [1.165, 1.54) is 0 Å². The van der Waals surface area contributed by atoms with Crippen LogP contribution in [0.2, 0.25) is 0 Å². The minimum Gasteiger partial charge on any atom is -0.363 e. The number of nitriles is 1. The second-order valence-corrected chi connectivity index (χ2v) is 5.86. The first-order chi connectivity index (χ1) is 10.2. The van der Waals surface area contributed by atoms with Gasteiger partial charge in [0.25, 0.3) is 11.7 Å². The summed E-state index contributed by atoms with van der Waals surface area (Å²) in [5, 5.41) is 14.3. The first-order valence-electron chi connectivity index (χ1n) is 6.52. The molecule has 1 aliphatic heterocycles. The SMILES string of the molecule is N#Cc1csc(CN2CCC[C@@H]2c2nc(C(N)=O)no2)c1. The smallest absolute Gasteiger partial charge is 0.290 e. The average Bonchev–Trinajstić information content (AvgIpc) is 3.18. The van der Waals surface area contributed by atoms with Crippen LogP contribution in [-0.4, -0.2) is 27.5 Å². The van der Waals surface area contributed by atoms with Crippen molar-refractivity contribution >= 4 is 17.2 Å². The van der Waals surface area contributed by atoms with Crippen molar-refractivity contribution in [2.24, 2.45) is 5.73 Å². The van der Waals surface area contributed by atoms with Gasteiger partial charge in [-0.3, -0.25) is 9.69 Å². The molecule has 1 aliphatic rings. The zero-order valence-electron chi connectivity index (χ0n) is 11.2. The van der Waals surface area contributed by atoms with Gasteiger partial charge in [0.05, 0.1) is 11.6 Å². The maximum atomic E-state index is 11.0. The third-order valence-corrected chi connectivity index (χ3v) is 4.37. The lowest BCUT2D eigenvalue weighted by Crippen LogP contribution is -2.22. The zero-order valence-corrected chi connectivity index (χ0v) is 12.0. The van der Waals surface area contributed by atoms with E-state index in [1.807, 2.05) is 11.4 Å². The Kier molecular flexibility index (Phi) is 3.68. The molecule has 0 spiro atoms. The molecule has 3 heterocycles. The van der Waals surface area contributed by atoms with Gasteiger partial charge in [0.2, 0.25) is 5.89 Å². The number of nitrogens with two attached hydrogens (primary N) is 1. The van der Waals surface area contributed by atoms with E-state index in [1.54, 1.807) is 11.3 Å². The third kappa shape index (κ3) is 2.79. The lowest BCUT2D eigenvalue weighted by molar-refractivity contribution is 0.0987. The van der Waals surface area contributed by atoms with Crippen molar-refractivity contribution < 1.29 is 9.32 Å². The van der Waals surface area contributed by atoms with E-state index in [9.17, 15) is 4.79 Å². The number of carbonyl (C=O) groups is 1. The Morgan fingerprint density at radius 3 is 3.19 bits per heavy atom. The molecular weight excluding hydrogens is 290 g/mol. The van der Waals surface area contributed by atoms with E-state index in [4.69, 9.17) is 15.5 Å². The third-order valence-electron chi connectivity index (χ3n) is 3.45. The van der Waals surface area contributed by atoms with Crippen LogP contribution >= 0.6 is 11.3 Å². The monoisotopic (exact) mass is 303 g/mol. The Hall–Kier alpha value is -2.24. The minimum absolute atomic E-state index is 0.00163. The Morgan fingerprint density at radius 2 is 2.52 bits per heavy atom. The first-order valence-corrected chi connectivity index (χ1v) is 7.40. The summed E-state index contributed by atoms with van der Waals surface area (Å²) in [6, 6.07) is 4.02. The molecule has 1 fully saturated rings. The van der Waals surface area contributed by atoms with E-state index in [0.717, 1.165) is 30.8 Å². The molecule has 0 aromatic carbocycles. The summed E-state index contributed by atoms with van der Waals surface area (Å²) in [6.07, 6.45) is 1.92. The maximum absolute atomic E-state index is 11.0. The second kappa shape index (κ2) is 5.63. The fourth-order valence-electron chi connectivity index (χ4n) is 2.49. The highest BCUT2D eigenvalue weighted by molar-refractivity contribution is 7.10. The van der Waals surface area contributed by atoms with Crippen molar-refractivity contribution in [3.05, 3.63) is 33.6 Å². The van der Waals surface area contributed by atoms with Crippen LogP contribution in [-0.2, 0) is 6.54 Å². The molecule has 0 radical (unpaired) electrons. The van der Waals surface area contributed by atoms with Gasteiger partial charge in [0, 0.05) is 16.8 Å². The van der Waals surface area contributed by atoms with Gasteiger partial charge in [-0.15, -0.1) is 11.3 Å². The molecule has 8 heteroatoms. The van der Waals surface area contributed by atoms with Crippen molar-refractivity contribution in [1.82, 2.24) is 15.0 Å². The standard InChI is InChI=1S/C13H13N5O2S/c14-5-8-4-9(21-7-8)6-18-3-1-2-10(18)13-16-12(11(15)19)17-20-13/h4,7,10H,1-3,6H2,(H2,15,19)/t10-/m1/s1. The highest BCUT2D eigenvalue weighted by atomic mass is 32.1. The number of aromatic nitrogens is 2. The molecular formula is C13H13N5O2S. The van der Waals surface area contributed by atoms with E-state index >= 15 is 0 Å². The van der Waals surface area contributed by atoms with Crippen LogP contribution < -0.4 is 5.73 Å². The predicted octanol–water partition coefficient (Wildman–Crippen LogP) is 1.44. The lowest BCUT2D eigenvalue weighted by atomic mass is 10.2. The molecule has 2 aromatic heterocycles. The van der Waals surface area contributed by atoms with Gasteiger partial charge in [-0.05, 0) is 25.5 Å². The minimum atomic E-state index is -0.688. The topological polar surface area (TPSA) is 109 Å². The molecule has 0 saturated carbocycles. The number of hydrogen-bond donors (Lipinski definition) is 1. The van der Waals surface area contributed by atoms with Gasteiger partial charge in [0.15, 0.2) is 0 Å². The number of rotatable bonds is 4. The van der Waals surface area contributed by atoms with Crippen LogP contribution in [0.15, 0.2) is 16.0 Å². The van der Waals surface area contributed by atoms with Crippen molar-refractivity contribution in [2.75, 3.05) is 6.54 Å². The highest BCUT2D eigenvalue weighted by Crippen LogP contribution is 2.33. The van der Waals surface area contributed by atoms with Crippen molar-refractivity contribution in [3.8, 4) is 6.07 Å². The highest BCUT2D eigenvalue weighted by Gasteiger charge is 2.31. The molecule has 2 aromatic rings. The molecule has 21 heavy (non-hydrogen) atoms. The first kappa shape index (κ1) is 13.7. The molecule has 0 bridgehead atoms. The summed E-state index contributed by atoms with van der Waals surface area (Å²) in [4.78, 5) is 18.4. The summed E-state index contributed by atoms with van der Waals surface area (Å²) >= 11 is 1.56. The van der Waals surface area contributed by atoms with Crippen LogP contribution in [0.25, 0.3) is 0 Å². The van der Waals surface area contributed by atoms with Gasteiger partial charge >= 0.3 is 0 Å². The number of primary amides is 1. The molecule has 108 valence electrons. The molecule has 1 amide bonds. The Bertz CT molecular complexity index is 701. The largest absolute Gasteiger partial charge is 0.363 e. The van der Waals surface area contributed by atoms with Crippen LogP contribution in [0.4, 0.5) is 0 Å². The summed E-state index contributed by atoms with van der Waals surface area (Å²) in [5.41, 5.74) is 5.82. The quantitative estimate of drug-likeness (QED) is 0.915. The maximum Gasteiger partial charge on any atom is 0.290 e. The normalized spacial score (nSPS) is 18.7. The number of likely N-dealkylation sites (tertiary alicyclic amines) is 1. The summed E-state index contributed by atoms with van der Waals surface area (Å²) in [5.74, 6) is -0.343. The summed E-state index contributed by atoms with van der Waals surface area (Å²) in [7, 11) is 0. The van der Waals surface area contributed by atoms with Gasteiger partial charge in [-0.1, -0.05) is 5.16 Å². The molecule has 7 nitrogen and oxygen atoms in total. The van der Waals surface area contributed by atoms with E-state index in [-0.39, 0.29) is 11.9 Å². The molecule has 0 unspecified atom stereocenters. The molecule has 1 atom stereocenters. The van der Waals surface area contributed by atoms with Crippen molar-refractivity contribution in [1.29, 1.82) is 5.26 Å². The van der Waals surface area contributed by atoms with Gasteiger partial charge in [0.1, 0.15) is 6.07 Å².